The summed E-state index contributed by atoms with van der Waals surface area (Å²) in [5, 5.41) is 5.60. The fourth-order valence-corrected chi connectivity index (χ4v) is 3.48. The zero-order valence-corrected chi connectivity index (χ0v) is 14.9. The summed E-state index contributed by atoms with van der Waals surface area (Å²) >= 11 is 0. The van der Waals surface area contributed by atoms with E-state index in [4.69, 9.17) is 9.82 Å². The average molecular weight is 354 g/mol. The van der Waals surface area contributed by atoms with E-state index < -0.39 is 0 Å². The maximum atomic E-state index is 13.2. The maximum Gasteiger partial charge on any atom is 0.204 e. The van der Waals surface area contributed by atoms with Crippen LogP contribution in [0, 0.1) is 5.82 Å². The molecule has 0 radical (unpaired) electrons. The Morgan fingerprint density at radius 1 is 1.12 bits per heavy atom. The molecule has 1 N–H and O–H groups in total. The largest absolute Gasteiger partial charge is 0.353 e. The smallest absolute Gasteiger partial charge is 0.204 e. The number of benzene rings is 2. The monoisotopic (exact) mass is 354 g/mol. The number of fused-ring (bicyclic) bond motifs is 1. The van der Waals surface area contributed by atoms with Crippen LogP contribution in [0.15, 0.2) is 48.5 Å². The molecule has 0 atom stereocenters. The van der Waals surface area contributed by atoms with Crippen molar-refractivity contribution in [2.45, 2.75) is 25.4 Å². The Balaban J connectivity index is 1.60. The summed E-state index contributed by atoms with van der Waals surface area (Å²) in [6.45, 7) is 2.47. The summed E-state index contributed by atoms with van der Waals surface area (Å²) in [5.41, 5.74) is 3.09. The number of hydroxylamine groups is 2. The SMILES string of the molecule is CON1CCC(Nc2nc3ccccc3n2Cc2ccc(F)cc2)CC1. The van der Waals surface area contributed by atoms with Gasteiger partial charge < -0.3 is 14.7 Å². The lowest BCUT2D eigenvalue weighted by atomic mass is 10.1. The molecule has 1 aliphatic rings. The lowest BCUT2D eigenvalue weighted by Crippen LogP contribution is -2.38. The van der Waals surface area contributed by atoms with Gasteiger partial charge in [-0.1, -0.05) is 24.3 Å². The van der Waals surface area contributed by atoms with Crippen molar-refractivity contribution in [3.05, 3.63) is 59.9 Å². The summed E-state index contributed by atoms with van der Waals surface area (Å²) in [7, 11) is 1.72. The van der Waals surface area contributed by atoms with Crippen molar-refractivity contribution in [2.75, 3.05) is 25.5 Å². The van der Waals surface area contributed by atoms with Crippen LogP contribution in [0.2, 0.25) is 0 Å². The fraction of sp³-hybridized carbons (Fsp3) is 0.350. The van der Waals surface area contributed by atoms with Gasteiger partial charge in [-0.3, -0.25) is 0 Å². The summed E-state index contributed by atoms with van der Waals surface area (Å²) in [6.07, 6.45) is 2.02. The highest BCUT2D eigenvalue weighted by atomic mass is 19.1. The van der Waals surface area contributed by atoms with E-state index in [-0.39, 0.29) is 5.82 Å². The van der Waals surface area contributed by atoms with E-state index in [2.05, 4.69) is 16.0 Å². The molecule has 0 saturated carbocycles. The minimum atomic E-state index is -0.215. The molecule has 26 heavy (non-hydrogen) atoms. The molecule has 0 aliphatic carbocycles. The first kappa shape index (κ1) is 17.0. The molecule has 2 aromatic carbocycles. The normalized spacial score (nSPS) is 16.2. The second-order valence-electron chi connectivity index (χ2n) is 6.67. The molecule has 1 aromatic heterocycles. The maximum absolute atomic E-state index is 13.2. The summed E-state index contributed by atoms with van der Waals surface area (Å²) in [6, 6.07) is 15.1. The van der Waals surface area contributed by atoms with Crippen LogP contribution >= 0.6 is 0 Å². The number of halogens is 1. The van der Waals surface area contributed by atoms with Crippen molar-refractivity contribution >= 4 is 17.0 Å². The Hall–Kier alpha value is -2.44. The molecule has 1 saturated heterocycles. The number of aromatic nitrogens is 2. The van der Waals surface area contributed by atoms with Crippen molar-refractivity contribution in [3.8, 4) is 0 Å². The Bertz CT molecular complexity index is 869. The number of hydrogen-bond donors (Lipinski definition) is 1. The Labute approximate surface area is 152 Å². The van der Waals surface area contributed by atoms with Gasteiger partial charge in [-0.2, -0.15) is 5.06 Å². The molecule has 1 fully saturated rings. The highest BCUT2D eigenvalue weighted by Gasteiger charge is 2.21. The summed E-state index contributed by atoms with van der Waals surface area (Å²) in [5.74, 6) is 0.652. The van der Waals surface area contributed by atoms with Crippen LogP contribution in [-0.4, -0.2) is 40.9 Å². The highest BCUT2D eigenvalue weighted by Crippen LogP contribution is 2.24. The molecule has 0 amide bonds. The number of imidazole rings is 1. The van der Waals surface area contributed by atoms with E-state index in [1.54, 1.807) is 7.11 Å². The van der Waals surface area contributed by atoms with Crippen molar-refractivity contribution in [2.24, 2.45) is 0 Å². The third-order valence-electron chi connectivity index (χ3n) is 4.95. The Morgan fingerprint density at radius 2 is 1.85 bits per heavy atom. The fourth-order valence-electron chi connectivity index (χ4n) is 3.48. The van der Waals surface area contributed by atoms with Gasteiger partial charge in [-0.05, 0) is 42.7 Å². The molecule has 0 bridgehead atoms. The number of anilines is 1. The van der Waals surface area contributed by atoms with E-state index in [1.165, 1.54) is 12.1 Å². The first-order valence-corrected chi connectivity index (χ1v) is 8.98. The number of nitrogens with zero attached hydrogens (tertiary/aromatic N) is 3. The van der Waals surface area contributed by atoms with Gasteiger partial charge in [0.2, 0.25) is 5.95 Å². The minimum Gasteiger partial charge on any atom is -0.353 e. The third-order valence-corrected chi connectivity index (χ3v) is 4.95. The van der Waals surface area contributed by atoms with Crippen LogP contribution in [0.1, 0.15) is 18.4 Å². The van der Waals surface area contributed by atoms with Gasteiger partial charge in [0.05, 0.1) is 24.7 Å². The molecule has 0 spiro atoms. The molecule has 136 valence electrons. The second kappa shape index (κ2) is 7.43. The van der Waals surface area contributed by atoms with Gasteiger partial charge in [-0.25, -0.2) is 9.37 Å². The lowest BCUT2D eigenvalue weighted by molar-refractivity contribution is -0.142. The van der Waals surface area contributed by atoms with Gasteiger partial charge in [-0.15, -0.1) is 0 Å². The first-order valence-electron chi connectivity index (χ1n) is 8.98. The average Bonchev–Trinajstić information content (AvgIpc) is 3.01. The molecular weight excluding hydrogens is 331 g/mol. The van der Waals surface area contributed by atoms with Crippen molar-refractivity contribution in [1.82, 2.24) is 14.6 Å². The quantitative estimate of drug-likeness (QED) is 0.759. The predicted molar refractivity (Wildman–Crippen MR) is 100 cm³/mol. The van der Waals surface area contributed by atoms with Gasteiger partial charge >= 0.3 is 0 Å². The van der Waals surface area contributed by atoms with Crippen molar-refractivity contribution < 1.29 is 9.23 Å². The standard InChI is InChI=1S/C20H23FN4O/c1-26-24-12-10-17(11-13-24)22-20-23-18-4-2-3-5-19(18)25(20)14-15-6-8-16(21)9-7-15/h2-9,17H,10-14H2,1H3,(H,22,23). The lowest BCUT2D eigenvalue weighted by Gasteiger charge is -2.30. The Kier molecular flexibility index (Phi) is 4.86. The second-order valence-corrected chi connectivity index (χ2v) is 6.67. The van der Waals surface area contributed by atoms with Crippen LogP contribution < -0.4 is 5.32 Å². The molecule has 3 aromatic rings. The van der Waals surface area contributed by atoms with Gasteiger partial charge in [0, 0.05) is 19.1 Å². The van der Waals surface area contributed by atoms with Crippen LogP contribution in [0.3, 0.4) is 0 Å². The van der Waals surface area contributed by atoms with E-state index in [0.29, 0.717) is 12.6 Å². The van der Waals surface area contributed by atoms with Crippen molar-refractivity contribution in [1.29, 1.82) is 0 Å². The van der Waals surface area contributed by atoms with E-state index in [0.717, 1.165) is 48.5 Å². The molecule has 1 aliphatic heterocycles. The van der Waals surface area contributed by atoms with Gasteiger partial charge in [0.25, 0.3) is 0 Å². The number of para-hydroxylation sites is 2. The zero-order valence-electron chi connectivity index (χ0n) is 14.9. The van der Waals surface area contributed by atoms with Crippen molar-refractivity contribution in [3.63, 3.8) is 0 Å². The van der Waals surface area contributed by atoms with Crippen LogP contribution in [0.25, 0.3) is 11.0 Å². The topological polar surface area (TPSA) is 42.3 Å². The predicted octanol–water partition coefficient (Wildman–Crippen LogP) is 3.66. The van der Waals surface area contributed by atoms with E-state index >= 15 is 0 Å². The number of hydrogen-bond acceptors (Lipinski definition) is 4. The molecule has 2 heterocycles. The number of nitrogens with one attached hydrogen (secondary N) is 1. The third kappa shape index (κ3) is 3.57. The van der Waals surface area contributed by atoms with Crippen LogP contribution in [-0.2, 0) is 11.4 Å². The molecule has 5 nitrogen and oxygen atoms in total. The summed E-state index contributed by atoms with van der Waals surface area (Å²) < 4.78 is 15.4. The minimum absolute atomic E-state index is 0.215. The van der Waals surface area contributed by atoms with Crippen LogP contribution in [0.5, 0.6) is 0 Å². The number of piperidine rings is 1. The zero-order chi connectivity index (χ0) is 17.9. The van der Waals surface area contributed by atoms with E-state index in [9.17, 15) is 4.39 Å². The molecule has 4 rings (SSSR count). The van der Waals surface area contributed by atoms with Gasteiger partial charge in [0.1, 0.15) is 5.82 Å². The molecular formula is C20H23FN4O. The first-order chi connectivity index (χ1) is 12.7. The molecule has 6 heteroatoms. The summed E-state index contributed by atoms with van der Waals surface area (Å²) in [4.78, 5) is 10.1. The van der Waals surface area contributed by atoms with Gasteiger partial charge in [0.15, 0.2) is 0 Å². The number of rotatable bonds is 5. The highest BCUT2D eigenvalue weighted by molar-refractivity contribution is 5.78. The van der Waals surface area contributed by atoms with E-state index in [1.807, 2.05) is 35.4 Å². The van der Waals surface area contributed by atoms with Crippen LogP contribution in [0.4, 0.5) is 10.3 Å². The Morgan fingerprint density at radius 3 is 2.58 bits per heavy atom. The molecule has 0 unspecified atom stereocenters.